The summed E-state index contributed by atoms with van der Waals surface area (Å²) in [6.45, 7) is 6.70. The highest BCUT2D eigenvalue weighted by Gasteiger charge is 2.25. The third-order valence-corrected chi connectivity index (χ3v) is 2.73. The van der Waals surface area contributed by atoms with E-state index in [4.69, 9.17) is 0 Å². The first-order valence-corrected chi connectivity index (χ1v) is 6.73. The highest BCUT2D eigenvalue weighted by atomic mass is 19.4. The molecule has 0 saturated carbocycles. The summed E-state index contributed by atoms with van der Waals surface area (Å²) in [5.41, 5.74) is 0.830. The van der Waals surface area contributed by atoms with Crippen molar-refractivity contribution in [3.8, 4) is 0 Å². The Morgan fingerprint density at radius 3 is 2.05 bits per heavy atom. The van der Waals surface area contributed by atoms with Crippen molar-refractivity contribution in [1.82, 2.24) is 9.97 Å². The molecule has 0 atom stereocenters. The molecule has 114 valence electrons. The van der Waals surface area contributed by atoms with Gasteiger partial charge in [-0.25, -0.2) is 9.97 Å². The molecule has 0 aliphatic rings. The SMILES string of the molecule is CCCNc1nc(C)nc(NCCCC(F)(F)F)c1C. The highest BCUT2D eigenvalue weighted by Crippen LogP contribution is 2.22. The van der Waals surface area contributed by atoms with Crippen LogP contribution in [0.2, 0.25) is 0 Å². The van der Waals surface area contributed by atoms with Gasteiger partial charge in [0.1, 0.15) is 17.5 Å². The second kappa shape index (κ2) is 7.31. The lowest BCUT2D eigenvalue weighted by Gasteiger charge is -2.14. The summed E-state index contributed by atoms with van der Waals surface area (Å²) in [6, 6.07) is 0. The molecule has 0 aromatic carbocycles. The molecule has 1 aromatic heterocycles. The minimum absolute atomic E-state index is 0.0315. The first kappa shape index (κ1) is 16.5. The number of anilines is 2. The van der Waals surface area contributed by atoms with E-state index in [9.17, 15) is 13.2 Å². The minimum Gasteiger partial charge on any atom is -0.370 e. The Kier molecular flexibility index (Phi) is 6.04. The zero-order valence-electron chi connectivity index (χ0n) is 12.1. The van der Waals surface area contributed by atoms with Crippen molar-refractivity contribution < 1.29 is 13.2 Å². The quantitative estimate of drug-likeness (QED) is 0.752. The number of hydrogen-bond acceptors (Lipinski definition) is 4. The van der Waals surface area contributed by atoms with Gasteiger partial charge in [-0.2, -0.15) is 13.2 Å². The van der Waals surface area contributed by atoms with Gasteiger partial charge in [0.2, 0.25) is 0 Å². The maximum Gasteiger partial charge on any atom is 0.389 e. The van der Waals surface area contributed by atoms with Crippen molar-refractivity contribution >= 4 is 11.6 Å². The summed E-state index contributed by atoms with van der Waals surface area (Å²) in [5, 5.41) is 6.14. The Morgan fingerprint density at radius 1 is 1.00 bits per heavy atom. The van der Waals surface area contributed by atoms with E-state index in [1.54, 1.807) is 6.92 Å². The monoisotopic (exact) mass is 290 g/mol. The number of rotatable bonds is 7. The Bertz CT molecular complexity index is 432. The van der Waals surface area contributed by atoms with Crippen molar-refractivity contribution in [2.45, 2.75) is 46.2 Å². The molecule has 0 aliphatic carbocycles. The van der Waals surface area contributed by atoms with Crippen LogP contribution in [0.4, 0.5) is 24.8 Å². The van der Waals surface area contributed by atoms with Gasteiger partial charge < -0.3 is 10.6 Å². The molecule has 0 aliphatic heterocycles. The normalized spacial score (nSPS) is 11.5. The summed E-state index contributed by atoms with van der Waals surface area (Å²) in [4.78, 5) is 8.53. The maximum atomic E-state index is 12.1. The van der Waals surface area contributed by atoms with Crippen LogP contribution in [0, 0.1) is 13.8 Å². The lowest BCUT2D eigenvalue weighted by atomic mass is 10.2. The van der Waals surface area contributed by atoms with Gasteiger partial charge in [-0.1, -0.05) is 6.92 Å². The molecule has 0 radical (unpaired) electrons. The Balaban J connectivity index is 2.63. The van der Waals surface area contributed by atoms with Crippen LogP contribution in [0.15, 0.2) is 0 Å². The molecule has 1 heterocycles. The molecule has 0 unspecified atom stereocenters. The lowest BCUT2D eigenvalue weighted by molar-refractivity contribution is -0.134. The zero-order chi connectivity index (χ0) is 15.2. The maximum absolute atomic E-state index is 12.1. The first-order valence-electron chi connectivity index (χ1n) is 6.73. The summed E-state index contributed by atoms with van der Waals surface area (Å²) >= 11 is 0. The minimum atomic E-state index is -4.11. The van der Waals surface area contributed by atoms with Crippen LogP contribution in [0.3, 0.4) is 0 Å². The predicted molar refractivity (Wildman–Crippen MR) is 74.1 cm³/mol. The van der Waals surface area contributed by atoms with Crippen LogP contribution in [-0.2, 0) is 0 Å². The number of aryl methyl sites for hydroxylation is 1. The van der Waals surface area contributed by atoms with Gasteiger partial charge >= 0.3 is 6.18 Å². The van der Waals surface area contributed by atoms with Gasteiger partial charge in [-0.15, -0.1) is 0 Å². The Morgan fingerprint density at radius 2 is 1.55 bits per heavy atom. The third kappa shape index (κ3) is 5.63. The topological polar surface area (TPSA) is 49.8 Å². The molecule has 2 N–H and O–H groups in total. The fourth-order valence-corrected chi connectivity index (χ4v) is 1.71. The predicted octanol–water partition coefficient (Wildman–Crippen LogP) is 3.67. The van der Waals surface area contributed by atoms with Crippen molar-refractivity contribution in [3.63, 3.8) is 0 Å². The van der Waals surface area contributed by atoms with Crippen LogP contribution in [0.25, 0.3) is 0 Å². The molecule has 20 heavy (non-hydrogen) atoms. The zero-order valence-corrected chi connectivity index (χ0v) is 12.1. The van der Waals surface area contributed by atoms with Gasteiger partial charge in [0.25, 0.3) is 0 Å². The molecule has 0 fully saturated rings. The summed E-state index contributed by atoms with van der Waals surface area (Å²) < 4.78 is 36.2. The second-order valence-corrected chi connectivity index (χ2v) is 4.67. The Hall–Kier alpha value is -1.53. The van der Waals surface area contributed by atoms with Crippen LogP contribution >= 0.6 is 0 Å². The van der Waals surface area contributed by atoms with Gasteiger partial charge in [-0.3, -0.25) is 0 Å². The molecule has 0 spiro atoms. The van der Waals surface area contributed by atoms with Crippen LogP contribution in [0.1, 0.15) is 37.6 Å². The van der Waals surface area contributed by atoms with E-state index in [0.717, 1.165) is 24.3 Å². The fraction of sp³-hybridized carbons (Fsp3) is 0.692. The highest BCUT2D eigenvalue weighted by molar-refractivity contribution is 5.57. The van der Waals surface area contributed by atoms with Crippen LogP contribution in [-0.4, -0.2) is 29.2 Å². The molecule has 0 amide bonds. The van der Waals surface area contributed by atoms with Crippen LogP contribution in [0.5, 0.6) is 0 Å². The van der Waals surface area contributed by atoms with Crippen molar-refractivity contribution in [3.05, 3.63) is 11.4 Å². The molecule has 1 aromatic rings. The van der Waals surface area contributed by atoms with E-state index in [-0.39, 0.29) is 13.0 Å². The number of halogens is 3. The summed E-state index contributed by atoms with van der Waals surface area (Å²) in [7, 11) is 0. The van der Waals surface area contributed by atoms with E-state index in [1.807, 2.05) is 13.8 Å². The summed E-state index contributed by atoms with van der Waals surface area (Å²) in [5.74, 6) is 1.92. The van der Waals surface area contributed by atoms with Crippen molar-refractivity contribution in [2.24, 2.45) is 0 Å². The molecule has 0 bridgehead atoms. The molecular formula is C13H21F3N4. The van der Waals surface area contributed by atoms with Gasteiger partial charge in [-0.05, 0) is 26.7 Å². The number of nitrogens with zero attached hydrogens (tertiary/aromatic N) is 2. The smallest absolute Gasteiger partial charge is 0.370 e. The van der Waals surface area contributed by atoms with E-state index < -0.39 is 12.6 Å². The number of alkyl halides is 3. The largest absolute Gasteiger partial charge is 0.389 e. The van der Waals surface area contributed by atoms with E-state index in [0.29, 0.717) is 11.6 Å². The van der Waals surface area contributed by atoms with Crippen molar-refractivity contribution in [1.29, 1.82) is 0 Å². The molecule has 1 rings (SSSR count). The van der Waals surface area contributed by atoms with E-state index >= 15 is 0 Å². The third-order valence-electron chi connectivity index (χ3n) is 2.73. The molecular weight excluding hydrogens is 269 g/mol. The lowest BCUT2D eigenvalue weighted by Crippen LogP contribution is -2.14. The van der Waals surface area contributed by atoms with E-state index in [2.05, 4.69) is 20.6 Å². The number of nitrogens with one attached hydrogen (secondary N) is 2. The van der Waals surface area contributed by atoms with Gasteiger partial charge in [0.05, 0.1) is 0 Å². The van der Waals surface area contributed by atoms with Gasteiger partial charge in [0, 0.05) is 25.1 Å². The molecule has 0 saturated heterocycles. The molecule has 7 heteroatoms. The van der Waals surface area contributed by atoms with Gasteiger partial charge in [0.15, 0.2) is 0 Å². The number of aromatic nitrogens is 2. The number of hydrogen-bond donors (Lipinski definition) is 2. The summed E-state index contributed by atoms with van der Waals surface area (Å²) in [6.07, 6.45) is -3.89. The van der Waals surface area contributed by atoms with E-state index in [1.165, 1.54) is 0 Å². The van der Waals surface area contributed by atoms with Crippen molar-refractivity contribution in [2.75, 3.05) is 23.7 Å². The first-order chi connectivity index (χ1) is 9.33. The standard InChI is InChI=1S/C13H21F3N4/c1-4-7-17-11-9(2)12(20-10(3)19-11)18-8-5-6-13(14,15)16/h4-8H2,1-3H3,(H2,17,18,19,20). The average Bonchev–Trinajstić information content (AvgIpc) is 2.35. The molecule has 4 nitrogen and oxygen atoms in total. The second-order valence-electron chi connectivity index (χ2n) is 4.67. The fourth-order valence-electron chi connectivity index (χ4n) is 1.71. The average molecular weight is 290 g/mol. The Labute approximate surface area is 117 Å². The van der Waals surface area contributed by atoms with Crippen LogP contribution < -0.4 is 10.6 Å².